The van der Waals surface area contributed by atoms with Gasteiger partial charge in [0.2, 0.25) is 10.0 Å². The molecule has 6 nitrogen and oxygen atoms in total. The van der Waals surface area contributed by atoms with E-state index < -0.39 is 15.3 Å². The van der Waals surface area contributed by atoms with Crippen LogP contribution in [0.2, 0.25) is 0 Å². The molecule has 0 saturated heterocycles. The van der Waals surface area contributed by atoms with Crippen molar-refractivity contribution in [1.82, 2.24) is 14.9 Å². The van der Waals surface area contributed by atoms with Crippen LogP contribution in [0.5, 0.6) is 0 Å². The molecule has 1 aromatic rings. The third kappa shape index (κ3) is 4.67. The highest BCUT2D eigenvalue weighted by Crippen LogP contribution is 2.06. The zero-order valence-corrected chi connectivity index (χ0v) is 11.9. The van der Waals surface area contributed by atoms with Crippen molar-refractivity contribution >= 4 is 10.0 Å². The van der Waals surface area contributed by atoms with Gasteiger partial charge in [-0.25, -0.2) is 18.4 Å². The van der Waals surface area contributed by atoms with Gasteiger partial charge in [-0.05, 0) is 33.3 Å². The number of aryl methyl sites for hydroxylation is 1. The minimum absolute atomic E-state index is 0.206. The number of sulfonamides is 1. The monoisotopic (exact) mass is 273 g/mol. The molecule has 0 aromatic carbocycles. The number of aromatic nitrogens is 2. The van der Waals surface area contributed by atoms with Crippen LogP contribution in [0.3, 0.4) is 0 Å². The molecule has 1 unspecified atom stereocenters. The van der Waals surface area contributed by atoms with Crippen molar-refractivity contribution in [2.45, 2.75) is 45.5 Å². The molecular weight excluding hydrogens is 254 g/mol. The second kappa shape index (κ2) is 6.21. The van der Waals surface area contributed by atoms with Gasteiger partial charge in [0.05, 0.1) is 11.4 Å². The second-order valence-electron chi connectivity index (χ2n) is 4.49. The van der Waals surface area contributed by atoms with E-state index in [4.69, 9.17) is 4.84 Å². The summed E-state index contributed by atoms with van der Waals surface area (Å²) in [7, 11) is -3.52. The van der Waals surface area contributed by atoms with E-state index >= 15 is 0 Å². The molecule has 0 radical (unpaired) electrons. The standard InChI is InChI=1S/C11H19N3O3S/c1-8(2)17-14-18(15,16)10(4)5-11-12-6-9(3)7-13-11/h6-8,10,14H,5H2,1-4H3. The average Bonchev–Trinajstić information content (AvgIpc) is 2.29. The third-order valence-corrected chi connectivity index (χ3v) is 3.79. The molecule has 0 spiro atoms. The highest BCUT2D eigenvalue weighted by molar-refractivity contribution is 7.89. The number of hydrogen-bond donors (Lipinski definition) is 1. The smallest absolute Gasteiger partial charge is 0.236 e. The van der Waals surface area contributed by atoms with Crippen LogP contribution >= 0.6 is 0 Å². The zero-order chi connectivity index (χ0) is 13.8. The third-order valence-electron chi connectivity index (χ3n) is 2.23. The zero-order valence-electron chi connectivity index (χ0n) is 11.0. The molecule has 0 fully saturated rings. The summed E-state index contributed by atoms with van der Waals surface area (Å²) in [5.41, 5.74) is 0.940. The van der Waals surface area contributed by atoms with Crippen LogP contribution in [-0.4, -0.2) is 29.7 Å². The molecule has 1 N–H and O–H groups in total. The van der Waals surface area contributed by atoms with E-state index in [9.17, 15) is 8.42 Å². The summed E-state index contributed by atoms with van der Waals surface area (Å²) < 4.78 is 23.6. The summed E-state index contributed by atoms with van der Waals surface area (Å²) in [6, 6.07) is 0. The lowest BCUT2D eigenvalue weighted by Gasteiger charge is -2.14. The Morgan fingerprint density at radius 1 is 1.28 bits per heavy atom. The molecule has 0 bridgehead atoms. The first-order valence-corrected chi connectivity index (χ1v) is 7.29. The number of nitrogens with zero attached hydrogens (tertiary/aromatic N) is 2. The van der Waals surface area contributed by atoms with Crippen LogP contribution in [0.4, 0.5) is 0 Å². The molecule has 1 heterocycles. The van der Waals surface area contributed by atoms with Crippen LogP contribution in [0.25, 0.3) is 0 Å². The van der Waals surface area contributed by atoms with Crippen molar-refractivity contribution in [3.8, 4) is 0 Å². The van der Waals surface area contributed by atoms with Gasteiger partial charge < -0.3 is 0 Å². The van der Waals surface area contributed by atoms with Crippen molar-refractivity contribution in [2.75, 3.05) is 0 Å². The molecule has 102 valence electrons. The molecule has 18 heavy (non-hydrogen) atoms. The fraction of sp³-hybridized carbons (Fsp3) is 0.636. The molecule has 1 rings (SSSR count). The summed E-state index contributed by atoms with van der Waals surface area (Å²) in [5.74, 6) is 0.503. The van der Waals surface area contributed by atoms with Crippen LogP contribution in [0.15, 0.2) is 12.4 Å². The fourth-order valence-electron chi connectivity index (χ4n) is 1.14. The van der Waals surface area contributed by atoms with Crippen LogP contribution in [0, 0.1) is 6.92 Å². The van der Waals surface area contributed by atoms with Gasteiger partial charge >= 0.3 is 0 Å². The lowest BCUT2D eigenvalue weighted by Crippen LogP contribution is -2.35. The molecule has 0 aliphatic carbocycles. The molecule has 1 aromatic heterocycles. The average molecular weight is 273 g/mol. The van der Waals surface area contributed by atoms with Crippen molar-refractivity contribution in [3.63, 3.8) is 0 Å². The van der Waals surface area contributed by atoms with Gasteiger partial charge in [0.1, 0.15) is 5.82 Å². The normalized spacial score (nSPS) is 13.8. The molecule has 1 atom stereocenters. The Labute approximate surface area is 108 Å². The Kier molecular flexibility index (Phi) is 5.18. The van der Waals surface area contributed by atoms with E-state index in [0.717, 1.165) is 5.56 Å². The molecule has 0 aliphatic rings. The minimum Gasteiger partial charge on any atom is -0.284 e. The van der Waals surface area contributed by atoms with Gasteiger partial charge in [-0.3, -0.25) is 4.84 Å². The van der Waals surface area contributed by atoms with Gasteiger partial charge in [-0.15, -0.1) is 0 Å². The van der Waals surface area contributed by atoms with Gasteiger partial charge in [-0.1, -0.05) is 4.89 Å². The van der Waals surface area contributed by atoms with Gasteiger partial charge in [0.15, 0.2) is 0 Å². The Bertz CT molecular complexity index is 471. The number of hydrogen-bond acceptors (Lipinski definition) is 5. The maximum atomic E-state index is 11.8. The van der Waals surface area contributed by atoms with Crippen molar-refractivity contribution in [3.05, 3.63) is 23.8 Å². The maximum absolute atomic E-state index is 11.8. The van der Waals surface area contributed by atoms with E-state index in [0.29, 0.717) is 5.82 Å². The Hall–Kier alpha value is -1.05. The largest absolute Gasteiger partial charge is 0.284 e. The SMILES string of the molecule is Cc1cnc(CC(C)S(=O)(=O)NOC(C)C)nc1. The number of rotatable bonds is 6. The van der Waals surface area contributed by atoms with Crippen molar-refractivity contribution in [1.29, 1.82) is 0 Å². The van der Waals surface area contributed by atoms with Crippen LogP contribution < -0.4 is 4.89 Å². The Morgan fingerprint density at radius 2 is 1.83 bits per heavy atom. The molecule has 0 amide bonds. The van der Waals surface area contributed by atoms with E-state index in [1.54, 1.807) is 33.2 Å². The van der Waals surface area contributed by atoms with Gasteiger partial charge in [-0.2, -0.15) is 0 Å². The first-order valence-electron chi connectivity index (χ1n) is 5.75. The van der Waals surface area contributed by atoms with Gasteiger partial charge in [0.25, 0.3) is 0 Å². The van der Waals surface area contributed by atoms with E-state index in [1.807, 2.05) is 6.92 Å². The summed E-state index contributed by atoms with van der Waals surface area (Å²) in [6.07, 6.45) is 3.37. The summed E-state index contributed by atoms with van der Waals surface area (Å²) in [5, 5.41) is -0.654. The molecule has 7 heteroatoms. The number of nitrogens with one attached hydrogen (secondary N) is 1. The summed E-state index contributed by atoms with van der Waals surface area (Å²) in [6.45, 7) is 6.96. The van der Waals surface area contributed by atoms with Gasteiger partial charge in [0, 0.05) is 18.8 Å². The van der Waals surface area contributed by atoms with Crippen LogP contribution in [0.1, 0.15) is 32.2 Å². The minimum atomic E-state index is -3.52. The maximum Gasteiger partial charge on any atom is 0.236 e. The lowest BCUT2D eigenvalue weighted by molar-refractivity contribution is 0.0404. The van der Waals surface area contributed by atoms with Crippen molar-refractivity contribution in [2.24, 2.45) is 0 Å². The van der Waals surface area contributed by atoms with E-state index in [2.05, 4.69) is 14.9 Å². The highest BCUT2D eigenvalue weighted by Gasteiger charge is 2.22. The quantitative estimate of drug-likeness (QED) is 0.781. The summed E-state index contributed by atoms with van der Waals surface area (Å²) >= 11 is 0. The second-order valence-corrected chi connectivity index (χ2v) is 6.55. The molecule has 0 aliphatic heterocycles. The summed E-state index contributed by atoms with van der Waals surface area (Å²) in [4.78, 5) is 15.2. The highest BCUT2D eigenvalue weighted by atomic mass is 32.2. The van der Waals surface area contributed by atoms with Crippen LogP contribution in [-0.2, 0) is 21.3 Å². The first kappa shape index (κ1) is 15.0. The Balaban J connectivity index is 2.64. The Morgan fingerprint density at radius 3 is 2.33 bits per heavy atom. The molecule has 0 saturated carbocycles. The fourth-order valence-corrected chi connectivity index (χ4v) is 2.00. The lowest BCUT2D eigenvalue weighted by atomic mass is 10.3. The first-order chi connectivity index (χ1) is 8.31. The predicted octanol–water partition coefficient (Wildman–Crippen LogP) is 0.975. The van der Waals surface area contributed by atoms with E-state index in [-0.39, 0.29) is 12.5 Å². The topological polar surface area (TPSA) is 81.2 Å². The van der Waals surface area contributed by atoms with Crippen molar-refractivity contribution < 1.29 is 13.3 Å². The van der Waals surface area contributed by atoms with E-state index in [1.165, 1.54) is 0 Å². The molecular formula is C11H19N3O3S. The predicted molar refractivity (Wildman–Crippen MR) is 68.2 cm³/mol.